The predicted molar refractivity (Wildman–Crippen MR) is 61.9 cm³/mol. The van der Waals surface area contributed by atoms with Crippen LogP contribution in [0.2, 0.25) is 0 Å². The average molecular weight is 255 g/mol. The molecule has 1 rings (SSSR count). The summed E-state index contributed by atoms with van der Waals surface area (Å²) in [4.78, 5) is 21.8. The quantitative estimate of drug-likeness (QED) is 0.672. The summed E-state index contributed by atoms with van der Waals surface area (Å²) in [6, 6.07) is 3.61. The molecule has 5 nitrogen and oxygen atoms in total. The van der Waals surface area contributed by atoms with Gasteiger partial charge in [0.2, 0.25) is 0 Å². The second kappa shape index (κ2) is 6.58. The smallest absolute Gasteiger partial charge is 0.303 e. The number of benzene rings is 1. The van der Waals surface area contributed by atoms with E-state index in [0.29, 0.717) is 12.8 Å². The lowest BCUT2D eigenvalue weighted by Gasteiger charge is -2.07. The first kappa shape index (κ1) is 14.0. The average Bonchev–Trinajstić information content (AvgIpc) is 2.27. The maximum absolute atomic E-state index is 13.3. The van der Waals surface area contributed by atoms with Crippen LogP contribution in [0.15, 0.2) is 18.2 Å². The zero-order valence-electron chi connectivity index (χ0n) is 9.65. The van der Waals surface area contributed by atoms with Crippen molar-refractivity contribution in [2.75, 3.05) is 6.54 Å². The fourth-order valence-corrected chi connectivity index (χ4v) is 1.43. The second-order valence-corrected chi connectivity index (χ2v) is 3.74. The summed E-state index contributed by atoms with van der Waals surface area (Å²) in [6.07, 6.45) is 0.937. The number of carbonyl (C=O) groups excluding carboxylic acids is 1. The molecule has 0 fully saturated rings. The highest BCUT2D eigenvalue weighted by molar-refractivity contribution is 5.97. The molecule has 0 bridgehead atoms. The van der Waals surface area contributed by atoms with Crippen LogP contribution in [-0.4, -0.2) is 28.6 Å². The van der Waals surface area contributed by atoms with E-state index in [2.05, 4.69) is 5.32 Å². The Morgan fingerprint density at radius 3 is 2.61 bits per heavy atom. The van der Waals surface area contributed by atoms with Crippen LogP contribution in [0.1, 0.15) is 29.6 Å². The molecule has 98 valence electrons. The Balaban J connectivity index is 2.44. The summed E-state index contributed by atoms with van der Waals surface area (Å²) < 4.78 is 13.3. The van der Waals surface area contributed by atoms with E-state index in [1.807, 2.05) is 0 Å². The van der Waals surface area contributed by atoms with Crippen molar-refractivity contribution in [2.24, 2.45) is 0 Å². The van der Waals surface area contributed by atoms with Crippen molar-refractivity contribution >= 4 is 11.9 Å². The number of halogens is 1. The van der Waals surface area contributed by atoms with Gasteiger partial charge in [0.15, 0.2) is 0 Å². The van der Waals surface area contributed by atoms with Crippen LogP contribution in [0.5, 0.6) is 5.75 Å². The number of phenolic OH excluding ortho intramolecular Hbond substituents is 1. The molecule has 3 N–H and O–H groups in total. The number of rotatable bonds is 6. The number of hydrogen-bond acceptors (Lipinski definition) is 3. The molecule has 0 aliphatic rings. The predicted octanol–water partition coefficient (Wildman–Crippen LogP) is 1.52. The van der Waals surface area contributed by atoms with Crippen molar-refractivity contribution in [3.8, 4) is 5.75 Å². The van der Waals surface area contributed by atoms with E-state index in [1.165, 1.54) is 12.1 Å². The first-order chi connectivity index (χ1) is 8.52. The SMILES string of the molecule is O=C(O)CCCCNC(=O)c1c(O)cccc1F. The minimum absolute atomic E-state index is 0.0286. The molecule has 0 spiro atoms. The Hall–Kier alpha value is -2.11. The molecule has 6 heteroatoms. The monoisotopic (exact) mass is 255 g/mol. The Morgan fingerprint density at radius 2 is 2.00 bits per heavy atom. The van der Waals surface area contributed by atoms with Gasteiger partial charge >= 0.3 is 5.97 Å². The number of unbranched alkanes of at least 4 members (excludes halogenated alkanes) is 1. The lowest BCUT2D eigenvalue weighted by atomic mass is 10.1. The van der Waals surface area contributed by atoms with Crippen molar-refractivity contribution in [3.05, 3.63) is 29.6 Å². The summed E-state index contributed by atoms with van der Waals surface area (Å²) in [6.45, 7) is 0.236. The van der Waals surface area contributed by atoms with Crippen LogP contribution in [0, 0.1) is 5.82 Å². The highest BCUT2D eigenvalue weighted by Crippen LogP contribution is 2.19. The Labute approximate surface area is 103 Å². The zero-order valence-corrected chi connectivity index (χ0v) is 9.65. The Bertz CT molecular complexity index is 427. The molecule has 0 aliphatic carbocycles. The number of hydrogen-bond donors (Lipinski definition) is 3. The number of aliphatic carboxylic acids is 1. The Kier molecular flexibility index (Phi) is 5.10. The van der Waals surface area contributed by atoms with Gasteiger partial charge in [-0.05, 0) is 25.0 Å². The van der Waals surface area contributed by atoms with Gasteiger partial charge in [0.1, 0.15) is 17.1 Å². The molecule has 0 atom stereocenters. The summed E-state index contributed by atoms with van der Waals surface area (Å²) in [5.74, 6) is -2.81. The van der Waals surface area contributed by atoms with Crippen molar-refractivity contribution in [1.29, 1.82) is 0 Å². The van der Waals surface area contributed by atoms with Gasteiger partial charge in [-0.2, -0.15) is 0 Å². The number of aromatic hydroxyl groups is 1. The molecule has 0 radical (unpaired) electrons. The van der Waals surface area contributed by atoms with E-state index in [4.69, 9.17) is 5.11 Å². The number of nitrogens with one attached hydrogen (secondary N) is 1. The molecular formula is C12H14FNO4. The topological polar surface area (TPSA) is 86.6 Å². The summed E-state index contributed by atoms with van der Waals surface area (Å²) in [7, 11) is 0. The largest absolute Gasteiger partial charge is 0.507 e. The maximum atomic E-state index is 13.3. The minimum atomic E-state index is -0.895. The van der Waals surface area contributed by atoms with Gasteiger partial charge in [0.05, 0.1) is 0 Å². The van der Waals surface area contributed by atoms with E-state index >= 15 is 0 Å². The molecule has 0 heterocycles. The van der Waals surface area contributed by atoms with Crippen LogP contribution in [0.4, 0.5) is 4.39 Å². The second-order valence-electron chi connectivity index (χ2n) is 3.74. The molecule has 1 aromatic rings. The van der Waals surface area contributed by atoms with Crippen molar-refractivity contribution in [1.82, 2.24) is 5.32 Å². The minimum Gasteiger partial charge on any atom is -0.507 e. The standard InChI is InChI=1S/C12H14FNO4/c13-8-4-3-5-9(15)11(8)12(18)14-7-2-1-6-10(16)17/h3-5,15H,1-2,6-7H2,(H,14,18)(H,16,17). The molecule has 18 heavy (non-hydrogen) atoms. The van der Waals surface area contributed by atoms with Crippen LogP contribution in [0.25, 0.3) is 0 Å². The molecule has 1 aromatic carbocycles. The molecule has 0 aliphatic heterocycles. The van der Waals surface area contributed by atoms with Gasteiger partial charge in [-0.15, -0.1) is 0 Å². The van der Waals surface area contributed by atoms with Gasteiger partial charge in [-0.25, -0.2) is 4.39 Å². The van der Waals surface area contributed by atoms with E-state index < -0.39 is 29.0 Å². The summed E-state index contributed by atoms with van der Waals surface area (Å²) in [5, 5.41) is 20.2. The van der Waals surface area contributed by atoms with Crippen molar-refractivity contribution in [2.45, 2.75) is 19.3 Å². The van der Waals surface area contributed by atoms with Crippen molar-refractivity contribution in [3.63, 3.8) is 0 Å². The van der Waals surface area contributed by atoms with Crippen molar-refractivity contribution < 1.29 is 24.2 Å². The number of carboxylic acid groups (broad SMARTS) is 1. The highest BCUT2D eigenvalue weighted by atomic mass is 19.1. The van der Waals surface area contributed by atoms with Crippen LogP contribution < -0.4 is 5.32 Å². The normalized spacial score (nSPS) is 10.1. The maximum Gasteiger partial charge on any atom is 0.303 e. The van der Waals surface area contributed by atoms with E-state index in [9.17, 15) is 19.1 Å². The molecule has 0 saturated heterocycles. The molecule has 0 saturated carbocycles. The van der Waals surface area contributed by atoms with Gasteiger partial charge in [-0.3, -0.25) is 9.59 Å². The number of amides is 1. The van der Waals surface area contributed by atoms with Crippen LogP contribution in [-0.2, 0) is 4.79 Å². The first-order valence-electron chi connectivity index (χ1n) is 5.50. The van der Waals surface area contributed by atoms with Gasteiger partial charge in [0, 0.05) is 13.0 Å². The van der Waals surface area contributed by atoms with E-state index in [-0.39, 0.29) is 13.0 Å². The van der Waals surface area contributed by atoms with E-state index in [0.717, 1.165) is 6.07 Å². The lowest BCUT2D eigenvalue weighted by molar-refractivity contribution is -0.137. The third kappa shape index (κ3) is 4.04. The highest BCUT2D eigenvalue weighted by Gasteiger charge is 2.15. The summed E-state index contributed by atoms with van der Waals surface area (Å²) >= 11 is 0. The third-order valence-electron chi connectivity index (χ3n) is 2.32. The molecule has 0 unspecified atom stereocenters. The number of carboxylic acids is 1. The fourth-order valence-electron chi connectivity index (χ4n) is 1.43. The van der Waals surface area contributed by atoms with Crippen LogP contribution in [0.3, 0.4) is 0 Å². The first-order valence-corrected chi connectivity index (χ1v) is 5.50. The fraction of sp³-hybridized carbons (Fsp3) is 0.333. The van der Waals surface area contributed by atoms with Gasteiger partial charge in [-0.1, -0.05) is 6.07 Å². The van der Waals surface area contributed by atoms with Gasteiger partial charge < -0.3 is 15.5 Å². The molecular weight excluding hydrogens is 241 g/mol. The zero-order chi connectivity index (χ0) is 13.5. The Morgan fingerprint density at radius 1 is 1.28 bits per heavy atom. The summed E-state index contributed by atoms with van der Waals surface area (Å²) in [5.41, 5.74) is -0.393. The van der Waals surface area contributed by atoms with Gasteiger partial charge in [0.25, 0.3) is 5.91 Å². The van der Waals surface area contributed by atoms with Crippen LogP contribution >= 0.6 is 0 Å². The lowest BCUT2D eigenvalue weighted by Crippen LogP contribution is -2.25. The van der Waals surface area contributed by atoms with E-state index in [1.54, 1.807) is 0 Å². The number of phenols is 1. The number of carbonyl (C=O) groups is 2. The molecule has 1 amide bonds. The third-order valence-corrected chi connectivity index (χ3v) is 2.32. The molecule has 0 aromatic heterocycles.